The summed E-state index contributed by atoms with van der Waals surface area (Å²) in [7, 11) is 0. The van der Waals surface area contributed by atoms with Crippen molar-refractivity contribution in [1.82, 2.24) is 24.4 Å². The third kappa shape index (κ3) is 2.48. The van der Waals surface area contributed by atoms with E-state index >= 15 is 0 Å². The molecule has 2 N–H and O–H groups in total. The number of aliphatic hydroxyl groups excluding tert-OH is 1. The minimum absolute atomic E-state index is 0.181. The Bertz CT molecular complexity index is 853. The average molecular weight is 331 g/mol. The molecule has 0 aliphatic carbocycles. The number of aromatic nitrogens is 4. The quantitative estimate of drug-likeness (QED) is 0.771. The number of aromatic amines is 1. The van der Waals surface area contributed by atoms with Gasteiger partial charge in [-0.1, -0.05) is 0 Å². The SMILES string of the molecule is C[C@@H](O)c1nc2cnc3[nH]ccc3c2n1[C@@H]1CCCN(CCF)C1. The van der Waals surface area contributed by atoms with Gasteiger partial charge in [0.15, 0.2) is 0 Å². The van der Waals surface area contributed by atoms with Crippen molar-refractivity contribution < 1.29 is 9.50 Å². The lowest BCUT2D eigenvalue weighted by Gasteiger charge is -2.34. The zero-order chi connectivity index (χ0) is 16.7. The van der Waals surface area contributed by atoms with Gasteiger partial charge in [-0.2, -0.15) is 0 Å². The van der Waals surface area contributed by atoms with E-state index in [4.69, 9.17) is 0 Å². The Hall–Kier alpha value is -1.99. The molecular weight excluding hydrogens is 309 g/mol. The van der Waals surface area contributed by atoms with Crippen molar-refractivity contribution in [3.8, 4) is 0 Å². The first-order valence-corrected chi connectivity index (χ1v) is 8.49. The van der Waals surface area contributed by atoms with Crippen molar-refractivity contribution >= 4 is 22.1 Å². The van der Waals surface area contributed by atoms with Crippen molar-refractivity contribution in [3.63, 3.8) is 0 Å². The van der Waals surface area contributed by atoms with Crippen LogP contribution in [0, 0.1) is 0 Å². The molecule has 0 aromatic carbocycles. The fourth-order valence-electron chi connectivity index (χ4n) is 3.84. The van der Waals surface area contributed by atoms with Gasteiger partial charge < -0.3 is 14.7 Å². The average Bonchev–Trinajstić information content (AvgIpc) is 3.19. The summed E-state index contributed by atoms with van der Waals surface area (Å²) < 4.78 is 14.9. The number of hydrogen-bond donors (Lipinski definition) is 2. The van der Waals surface area contributed by atoms with Crippen molar-refractivity contribution in [2.45, 2.75) is 31.9 Å². The van der Waals surface area contributed by atoms with Crippen molar-refractivity contribution in [2.24, 2.45) is 0 Å². The third-order valence-electron chi connectivity index (χ3n) is 4.88. The van der Waals surface area contributed by atoms with E-state index in [9.17, 15) is 9.50 Å². The van der Waals surface area contributed by atoms with E-state index in [1.807, 2.05) is 12.3 Å². The molecule has 6 nitrogen and oxygen atoms in total. The molecule has 0 spiro atoms. The number of imidazole rings is 1. The van der Waals surface area contributed by atoms with Crippen LogP contribution in [0.1, 0.15) is 37.7 Å². The summed E-state index contributed by atoms with van der Waals surface area (Å²) >= 11 is 0. The lowest BCUT2D eigenvalue weighted by molar-refractivity contribution is 0.148. The first-order chi connectivity index (χ1) is 11.7. The van der Waals surface area contributed by atoms with Crippen LogP contribution >= 0.6 is 0 Å². The molecule has 24 heavy (non-hydrogen) atoms. The Morgan fingerprint density at radius 1 is 1.50 bits per heavy atom. The van der Waals surface area contributed by atoms with E-state index in [1.54, 1.807) is 13.1 Å². The van der Waals surface area contributed by atoms with Gasteiger partial charge in [-0.05, 0) is 32.4 Å². The van der Waals surface area contributed by atoms with Crippen molar-refractivity contribution in [1.29, 1.82) is 0 Å². The molecule has 0 saturated carbocycles. The summed E-state index contributed by atoms with van der Waals surface area (Å²) in [5.74, 6) is 0.660. The summed E-state index contributed by atoms with van der Waals surface area (Å²) in [6.07, 6.45) is 4.97. The predicted octanol–water partition coefficient (Wildman–Crippen LogP) is 2.57. The zero-order valence-electron chi connectivity index (χ0n) is 13.7. The molecular formula is C17H22FN5O. The number of rotatable bonds is 4. The van der Waals surface area contributed by atoms with Crippen LogP contribution in [0.4, 0.5) is 4.39 Å². The number of fused-ring (bicyclic) bond motifs is 3. The Labute approximate surface area is 139 Å². The van der Waals surface area contributed by atoms with E-state index < -0.39 is 6.10 Å². The van der Waals surface area contributed by atoms with Crippen LogP contribution in [-0.4, -0.2) is 55.8 Å². The number of halogens is 1. The summed E-state index contributed by atoms with van der Waals surface area (Å²) in [4.78, 5) is 14.3. The summed E-state index contributed by atoms with van der Waals surface area (Å²) in [6, 6.07) is 2.18. The smallest absolute Gasteiger partial charge is 0.139 e. The Morgan fingerprint density at radius 3 is 3.17 bits per heavy atom. The van der Waals surface area contributed by atoms with Crippen LogP contribution in [0.3, 0.4) is 0 Å². The number of pyridine rings is 1. The molecule has 0 bridgehead atoms. The molecule has 4 heterocycles. The maximum absolute atomic E-state index is 12.8. The van der Waals surface area contributed by atoms with Gasteiger partial charge in [0.05, 0.1) is 11.7 Å². The fraction of sp³-hybridized carbons (Fsp3) is 0.529. The molecule has 7 heteroatoms. The molecule has 3 aromatic heterocycles. The molecule has 1 saturated heterocycles. The molecule has 1 aliphatic heterocycles. The molecule has 3 aromatic rings. The second kappa shape index (κ2) is 6.14. The zero-order valence-corrected chi connectivity index (χ0v) is 13.7. The standard InChI is InChI=1S/C17H22FN5O/c1-11(24)17-21-14-9-20-16-13(4-6-19-16)15(14)23(17)12-3-2-7-22(10-12)8-5-18/h4,6,9,11-12,24H,2-3,5,7-8,10H2,1H3,(H,19,20)/t11-,12-/m1/s1. The molecule has 0 radical (unpaired) electrons. The molecule has 0 amide bonds. The van der Waals surface area contributed by atoms with Crippen LogP contribution < -0.4 is 0 Å². The van der Waals surface area contributed by atoms with Crippen LogP contribution in [0.5, 0.6) is 0 Å². The number of H-pyrrole nitrogens is 1. The van der Waals surface area contributed by atoms with Crippen LogP contribution in [-0.2, 0) is 0 Å². The number of aliphatic hydroxyl groups is 1. The molecule has 1 fully saturated rings. The number of hydrogen-bond acceptors (Lipinski definition) is 4. The van der Waals surface area contributed by atoms with Gasteiger partial charge in [0, 0.05) is 30.7 Å². The maximum atomic E-state index is 12.8. The Kier molecular flexibility index (Phi) is 3.97. The monoisotopic (exact) mass is 331 g/mol. The number of piperidine rings is 1. The first-order valence-electron chi connectivity index (χ1n) is 8.49. The predicted molar refractivity (Wildman–Crippen MR) is 90.7 cm³/mol. The van der Waals surface area contributed by atoms with E-state index in [0.29, 0.717) is 12.4 Å². The van der Waals surface area contributed by atoms with Gasteiger partial charge in [-0.25, -0.2) is 14.4 Å². The highest BCUT2D eigenvalue weighted by Crippen LogP contribution is 2.33. The number of nitrogens with one attached hydrogen (secondary N) is 1. The van der Waals surface area contributed by atoms with Crippen molar-refractivity contribution in [3.05, 3.63) is 24.3 Å². The summed E-state index contributed by atoms with van der Waals surface area (Å²) in [5.41, 5.74) is 2.61. The normalized spacial score (nSPS) is 20.9. The highest BCUT2D eigenvalue weighted by atomic mass is 19.1. The van der Waals surface area contributed by atoms with Crippen LogP contribution in [0.25, 0.3) is 22.1 Å². The second-order valence-corrected chi connectivity index (χ2v) is 6.53. The van der Waals surface area contributed by atoms with E-state index in [0.717, 1.165) is 48.0 Å². The third-order valence-corrected chi connectivity index (χ3v) is 4.88. The number of alkyl halides is 1. The van der Waals surface area contributed by atoms with Gasteiger partial charge in [-0.15, -0.1) is 0 Å². The van der Waals surface area contributed by atoms with Crippen LogP contribution in [0.2, 0.25) is 0 Å². The lowest BCUT2D eigenvalue weighted by Crippen LogP contribution is -2.38. The number of nitrogens with zero attached hydrogens (tertiary/aromatic N) is 4. The first kappa shape index (κ1) is 15.5. The molecule has 1 aliphatic rings. The van der Waals surface area contributed by atoms with Crippen molar-refractivity contribution in [2.75, 3.05) is 26.3 Å². The number of likely N-dealkylation sites (tertiary alicyclic amines) is 1. The van der Waals surface area contributed by atoms with E-state index in [1.165, 1.54) is 0 Å². The van der Waals surface area contributed by atoms with Gasteiger partial charge in [0.1, 0.15) is 29.8 Å². The Balaban J connectivity index is 1.88. The van der Waals surface area contributed by atoms with Crippen LogP contribution in [0.15, 0.2) is 18.5 Å². The highest BCUT2D eigenvalue weighted by molar-refractivity contribution is 6.01. The van der Waals surface area contributed by atoms with E-state index in [-0.39, 0.29) is 12.7 Å². The molecule has 128 valence electrons. The van der Waals surface area contributed by atoms with Gasteiger partial charge in [-0.3, -0.25) is 4.90 Å². The fourth-order valence-corrected chi connectivity index (χ4v) is 3.84. The second-order valence-electron chi connectivity index (χ2n) is 6.53. The molecule has 2 atom stereocenters. The largest absolute Gasteiger partial charge is 0.385 e. The maximum Gasteiger partial charge on any atom is 0.139 e. The van der Waals surface area contributed by atoms with Gasteiger partial charge >= 0.3 is 0 Å². The van der Waals surface area contributed by atoms with E-state index in [2.05, 4.69) is 24.4 Å². The summed E-state index contributed by atoms with van der Waals surface area (Å²) in [5, 5.41) is 11.3. The lowest BCUT2D eigenvalue weighted by atomic mass is 10.0. The van der Waals surface area contributed by atoms with Gasteiger partial charge in [0.25, 0.3) is 0 Å². The molecule has 0 unspecified atom stereocenters. The molecule has 4 rings (SSSR count). The minimum atomic E-state index is -0.664. The van der Waals surface area contributed by atoms with Gasteiger partial charge in [0.2, 0.25) is 0 Å². The summed E-state index contributed by atoms with van der Waals surface area (Å²) in [6.45, 7) is 3.59. The topological polar surface area (TPSA) is 70.0 Å². The highest BCUT2D eigenvalue weighted by Gasteiger charge is 2.27. The minimum Gasteiger partial charge on any atom is -0.385 e. The Morgan fingerprint density at radius 2 is 2.38 bits per heavy atom.